The summed E-state index contributed by atoms with van der Waals surface area (Å²) in [6, 6.07) is 8.29. The fraction of sp³-hybridized carbons (Fsp3) is 0.689. The third kappa shape index (κ3) is 11.8. The molecule has 0 aromatic heterocycles. The van der Waals surface area contributed by atoms with Crippen molar-refractivity contribution in [2.75, 3.05) is 6.54 Å². The first-order valence-electron chi connectivity index (χ1n) is 19.5. The van der Waals surface area contributed by atoms with E-state index in [0.29, 0.717) is 68.4 Å². The Hall–Kier alpha value is -2.86. The maximum atomic E-state index is 13.3. The van der Waals surface area contributed by atoms with E-state index in [1.807, 2.05) is 12.1 Å². The summed E-state index contributed by atoms with van der Waals surface area (Å²) in [5.41, 5.74) is 5.00. The van der Waals surface area contributed by atoms with Gasteiger partial charge in [0, 0.05) is 49.7 Å². The Labute approximate surface area is 310 Å². The minimum atomic E-state index is -0.248. The first-order valence-corrected chi connectivity index (χ1v) is 19.5. The molecule has 2 N–H and O–H groups in total. The van der Waals surface area contributed by atoms with E-state index in [-0.39, 0.29) is 46.2 Å². The maximum absolute atomic E-state index is 13.3. The van der Waals surface area contributed by atoms with E-state index in [2.05, 4.69) is 114 Å². The van der Waals surface area contributed by atoms with Gasteiger partial charge in [0.15, 0.2) is 0 Å². The molecule has 1 aliphatic heterocycles. The molecule has 0 radical (unpaired) electrons. The van der Waals surface area contributed by atoms with E-state index in [1.54, 1.807) is 0 Å². The van der Waals surface area contributed by atoms with Crippen LogP contribution in [-0.4, -0.2) is 50.6 Å². The number of esters is 1. The zero-order valence-corrected chi connectivity index (χ0v) is 34.7. The molecule has 0 unspecified atom stereocenters. The van der Waals surface area contributed by atoms with Crippen LogP contribution in [0.2, 0.25) is 0 Å². The smallest absolute Gasteiger partial charge is 0.306 e. The first kappa shape index (κ1) is 42.6. The van der Waals surface area contributed by atoms with Gasteiger partial charge in [0.1, 0.15) is 23.4 Å². The second-order valence-electron chi connectivity index (χ2n) is 19.6. The number of ketones is 1. The number of hydrogen-bond acceptors (Lipinski definition) is 6. The summed E-state index contributed by atoms with van der Waals surface area (Å²) in [7, 11) is 0. The number of piperidine rings is 1. The van der Waals surface area contributed by atoms with Crippen LogP contribution in [-0.2, 0) is 50.8 Å². The standard InChI is InChI=1S/C45H71NO5/c1-29(2)21-33-23-31(24-34(40(33)49)22-30(3)4)15-17-35(47)19-20-46-44(11,12)27-36(28-45(46,13)14)51-39(48)18-16-32-25-37(42(5,6)7)41(50)38(26-32)43(8,9)10/h23-26,29-30,36,49-50H,15-22,27-28H2,1-14H3. The number of rotatable bonds is 14. The Morgan fingerprint density at radius 1 is 0.725 bits per heavy atom. The van der Waals surface area contributed by atoms with Crippen LogP contribution < -0.4 is 0 Å². The predicted octanol–water partition coefficient (Wildman–Crippen LogP) is 10.2. The largest absolute Gasteiger partial charge is 0.507 e. The zero-order chi connectivity index (χ0) is 38.7. The number of Topliss-reactive ketones (excluding diaryl/α,β-unsaturated/α-hetero) is 1. The Balaban J connectivity index is 1.61. The second-order valence-corrected chi connectivity index (χ2v) is 19.6. The fourth-order valence-corrected chi connectivity index (χ4v) is 8.20. The van der Waals surface area contributed by atoms with E-state index in [1.165, 1.54) is 0 Å². The average Bonchev–Trinajstić information content (AvgIpc) is 2.94. The highest BCUT2D eigenvalue weighted by molar-refractivity contribution is 5.79. The maximum Gasteiger partial charge on any atom is 0.306 e. The minimum Gasteiger partial charge on any atom is -0.507 e. The van der Waals surface area contributed by atoms with Crippen molar-refractivity contribution in [3.63, 3.8) is 0 Å². The highest BCUT2D eigenvalue weighted by Crippen LogP contribution is 2.41. The fourth-order valence-electron chi connectivity index (χ4n) is 8.20. The SMILES string of the molecule is CC(C)Cc1cc(CCC(=O)CCN2C(C)(C)CC(OC(=O)CCc3cc(C(C)(C)C)c(O)c(C(C)(C)C)c3)CC2(C)C)cc(CC(C)C)c1O. The third-order valence-corrected chi connectivity index (χ3v) is 10.5. The summed E-state index contributed by atoms with van der Waals surface area (Å²) < 4.78 is 6.14. The summed E-state index contributed by atoms with van der Waals surface area (Å²) in [5, 5.41) is 22.0. The highest BCUT2D eigenvalue weighted by Gasteiger charge is 2.46. The summed E-state index contributed by atoms with van der Waals surface area (Å²) >= 11 is 0. The monoisotopic (exact) mass is 706 g/mol. The van der Waals surface area contributed by atoms with Crippen molar-refractivity contribution in [3.8, 4) is 11.5 Å². The number of aryl methyl sites for hydroxylation is 2. The van der Waals surface area contributed by atoms with Gasteiger partial charge in [0.05, 0.1) is 0 Å². The Morgan fingerprint density at radius 2 is 1.16 bits per heavy atom. The van der Waals surface area contributed by atoms with E-state index in [4.69, 9.17) is 4.74 Å². The van der Waals surface area contributed by atoms with Crippen LogP contribution in [0.5, 0.6) is 11.5 Å². The Morgan fingerprint density at radius 3 is 1.59 bits per heavy atom. The van der Waals surface area contributed by atoms with Crippen LogP contribution in [0.1, 0.15) is 162 Å². The lowest BCUT2D eigenvalue weighted by Crippen LogP contribution is -2.62. The van der Waals surface area contributed by atoms with E-state index >= 15 is 0 Å². The lowest BCUT2D eigenvalue weighted by molar-refractivity contribution is -0.160. The van der Waals surface area contributed by atoms with Gasteiger partial charge >= 0.3 is 5.97 Å². The number of nitrogens with zero attached hydrogens (tertiary/aromatic N) is 1. The number of phenolic OH excluding ortho intramolecular Hbond substituents is 2. The van der Waals surface area contributed by atoms with Crippen molar-refractivity contribution in [1.29, 1.82) is 0 Å². The van der Waals surface area contributed by atoms with Crippen LogP contribution in [0.15, 0.2) is 24.3 Å². The molecular formula is C45H71NO5. The molecule has 6 nitrogen and oxygen atoms in total. The molecule has 0 amide bonds. The number of aromatic hydroxyl groups is 2. The van der Waals surface area contributed by atoms with Gasteiger partial charge in [-0.3, -0.25) is 14.5 Å². The molecule has 286 valence electrons. The molecular weight excluding hydrogens is 634 g/mol. The Bertz CT molecular complexity index is 1430. The molecule has 3 rings (SSSR count). The second kappa shape index (κ2) is 16.4. The minimum absolute atomic E-state index is 0.194. The van der Waals surface area contributed by atoms with Crippen molar-refractivity contribution >= 4 is 11.8 Å². The molecule has 1 fully saturated rings. The summed E-state index contributed by atoms with van der Waals surface area (Å²) in [5.74, 6) is 1.70. The van der Waals surface area contributed by atoms with Crippen molar-refractivity contribution in [1.82, 2.24) is 4.90 Å². The molecule has 0 spiro atoms. The molecule has 6 heteroatoms. The van der Waals surface area contributed by atoms with Gasteiger partial charge in [-0.25, -0.2) is 0 Å². The van der Waals surface area contributed by atoms with Gasteiger partial charge < -0.3 is 14.9 Å². The van der Waals surface area contributed by atoms with Crippen LogP contribution >= 0.6 is 0 Å². The van der Waals surface area contributed by atoms with Crippen molar-refractivity contribution < 1.29 is 24.5 Å². The van der Waals surface area contributed by atoms with Gasteiger partial charge in [-0.1, -0.05) is 93.5 Å². The van der Waals surface area contributed by atoms with Crippen molar-refractivity contribution in [2.45, 2.75) is 183 Å². The molecule has 2 aromatic rings. The van der Waals surface area contributed by atoms with Gasteiger partial charge in [-0.05, 0) is 109 Å². The molecule has 2 aromatic carbocycles. The molecule has 51 heavy (non-hydrogen) atoms. The topological polar surface area (TPSA) is 87.1 Å². The molecule has 1 aliphatic rings. The lowest BCUT2D eigenvalue weighted by Gasteiger charge is -2.55. The Kier molecular flexibility index (Phi) is 13.7. The molecule has 0 aliphatic carbocycles. The van der Waals surface area contributed by atoms with Gasteiger partial charge in [0.25, 0.3) is 0 Å². The number of ether oxygens (including phenoxy) is 1. The number of phenols is 2. The summed E-state index contributed by atoms with van der Waals surface area (Å²) in [6.45, 7) is 30.7. The molecule has 0 bridgehead atoms. The third-order valence-electron chi connectivity index (χ3n) is 10.5. The van der Waals surface area contributed by atoms with Crippen molar-refractivity contribution in [3.05, 3.63) is 57.6 Å². The van der Waals surface area contributed by atoms with E-state index in [0.717, 1.165) is 46.2 Å². The first-order chi connectivity index (χ1) is 23.3. The van der Waals surface area contributed by atoms with E-state index < -0.39 is 0 Å². The van der Waals surface area contributed by atoms with Crippen LogP contribution in [0, 0.1) is 11.8 Å². The summed E-state index contributed by atoms with van der Waals surface area (Å²) in [6.07, 6.45) is 5.36. The number of carbonyl (C=O) groups excluding carboxylic acids is 2. The van der Waals surface area contributed by atoms with Crippen molar-refractivity contribution in [2.24, 2.45) is 11.8 Å². The average molecular weight is 706 g/mol. The lowest BCUT2D eigenvalue weighted by atomic mass is 9.77. The number of carbonyl (C=O) groups is 2. The molecule has 1 heterocycles. The van der Waals surface area contributed by atoms with Gasteiger partial charge in [0.2, 0.25) is 0 Å². The number of benzene rings is 2. The zero-order valence-electron chi connectivity index (χ0n) is 34.7. The normalized spacial score (nSPS) is 16.9. The quantitative estimate of drug-likeness (QED) is 0.190. The van der Waals surface area contributed by atoms with E-state index in [9.17, 15) is 19.8 Å². The molecule has 0 saturated carbocycles. The molecule has 1 saturated heterocycles. The molecule has 0 atom stereocenters. The van der Waals surface area contributed by atoms with Crippen LogP contribution in [0.25, 0.3) is 0 Å². The van der Waals surface area contributed by atoms with Gasteiger partial charge in [-0.2, -0.15) is 0 Å². The highest BCUT2D eigenvalue weighted by atomic mass is 16.5. The summed E-state index contributed by atoms with van der Waals surface area (Å²) in [4.78, 5) is 29.0. The number of hydrogen-bond donors (Lipinski definition) is 2. The van der Waals surface area contributed by atoms with Gasteiger partial charge in [-0.15, -0.1) is 0 Å². The predicted molar refractivity (Wildman–Crippen MR) is 211 cm³/mol. The van der Waals surface area contributed by atoms with Crippen LogP contribution in [0.3, 0.4) is 0 Å². The van der Waals surface area contributed by atoms with Crippen LogP contribution in [0.4, 0.5) is 0 Å². The number of likely N-dealkylation sites (tertiary alicyclic amines) is 1.